The Labute approximate surface area is 138 Å². The van der Waals surface area contributed by atoms with Crippen LogP contribution in [0.5, 0.6) is 0 Å². The van der Waals surface area contributed by atoms with Gasteiger partial charge < -0.3 is 9.64 Å². The van der Waals surface area contributed by atoms with Crippen molar-refractivity contribution in [3.05, 3.63) is 43.8 Å². The lowest BCUT2D eigenvalue weighted by atomic mass is 9.85. The zero-order valence-corrected chi connectivity index (χ0v) is 14.3. The molecule has 1 fully saturated rings. The van der Waals surface area contributed by atoms with Crippen LogP contribution in [0.2, 0.25) is 0 Å². The van der Waals surface area contributed by atoms with Gasteiger partial charge in [0, 0.05) is 18.0 Å². The zero-order chi connectivity index (χ0) is 15.2. The number of piperidine rings is 1. The summed E-state index contributed by atoms with van der Waals surface area (Å²) in [5, 5.41) is 4.17. The molecule has 0 unspecified atom stereocenters. The standard InChI is InChI=1S/C17H19NO2S2/c1-12-3-10-21-14(12)16(19)18-7-5-17(6-8-18)15-13(2-9-20-17)4-11-22-15/h3-4,10-11H,2,5-9H2,1H3. The molecule has 5 heteroatoms. The van der Waals surface area contributed by atoms with Crippen molar-refractivity contribution in [2.24, 2.45) is 0 Å². The maximum atomic E-state index is 12.6. The van der Waals surface area contributed by atoms with Crippen molar-refractivity contribution in [3.8, 4) is 0 Å². The van der Waals surface area contributed by atoms with Crippen molar-refractivity contribution in [2.45, 2.75) is 31.8 Å². The van der Waals surface area contributed by atoms with Crippen molar-refractivity contribution < 1.29 is 9.53 Å². The van der Waals surface area contributed by atoms with E-state index >= 15 is 0 Å². The summed E-state index contributed by atoms with van der Waals surface area (Å²) in [6, 6.07) is 4.25. The van der Waals surface area contributed by atoms with E-state index in [1.54, 1.807) is 11.3 Å². The Morgan fingerprint density at radius 2 is 2.00 bits per heavy atom. The second-order valence-corrected chi connectivity index (χ2v) is 7.92. The normalized spacial score (nSPS) is 20.1. The number of aryl methyl sites for hydroxylation is 1. The molecule has 3 nitrogen and oxygen atoms in total. The first kappa shape index (κ1) is 14.4. The van der Waals surface area contributed by atoms with Gasteiger partial charge in [-0.05, 0) is 60.2 Å². The summed E-state index contributed by atoms with van der Waals surface area (Å²) in [6.07, 6.45) is 2.85. The molecule has 2 aromatic rings. The quantitative estimate of drug-likeness (QED) is 0.794. The Kier molecular flexibility index (Phi) is 3.59. The highest BCUT2D eigenvalue weighted by Crippen LogP contribution is 2.44. The Morgan fingerprint density at radius 1 is 1.23 bits per heavy atom. The summed E-state index contributed by atoms with van der Waals surface area (Å²) in [5.41, 5.74) is 2.40. The summed E-state index contributed by atoms with van der Waals surface area (Å²) >= 11 is 3.36. The van der Waals surface area contributed by atoms with Crippen molar-refractivity contribution in [1.82, 2.24) is 4.90 Å². The highest BCUT2D eigenvalue weighted by Gasteiger charge is 2.42. The number of fused-ring (bicyclic) bond motifs is 2. The summed E-state index contributed by atoms with van der Waals surface area (Å²) in [5.74, 6) is 0.185. The van der Waals surface area contributed by atoms with Crippen LogP contribution in [0.25, 0.3) is 0 Å². The number of carbonyl (C=O) groups is 1. The van der Waals surface area contributed by atoms with Gasteiger partial charge in [-0.25, -0.2) is 0 Å². The number of ether oxygens (including phenoxy) is 1. The predicted octanol–water partition coefficient (Wildman–Crippen LogP) is 3.82. The highest BCUT2D eigenvalue weighted by atomic mass is 32.1. The number of nitrogens with zero attached hydrogens (tertiary/aromatic N) is 1. The molecule has 0 aromatic carbocycles. The number of amides is 1. The molecule has 22 heavy (non-hydrogen) atoms. The van der Waals surface area contributed by atoms with Crippen molar-refractivity contribution in [1.29, 1.82) is 0 Å². The molecule has 1 spiro atoms. The molecule has 0 atom stereocenters. The monoisotopic (exact) mass is 333 g/mol. The largest absolute Gasteiger partial charge is 0.369 e. The van der Waals surface area contributed by atoms with Crippen LogP contribution in [0, 0.1) is 6.92 Å². The Hall–Kier alpha value is -1.17. The summed E-state index contributed by atoms with van der Waals surface area (Å²) in [4.78, 5) is 16.9. The van der Waals surface area contributed by atoms with Gasteiger partial charge in [-0.2, -0.15) is 0 Å². The average Bonchev–Trinajstić information content (AvgIpc) is 3.17. The molecule has 4 heterocycles. The van der Waals surface area contributed by atoms with Gasteiger partial charge in [0.1, 0.15) is 5.60 Å². The van der Waals surface area contributed by atoms with Crippen LogP contribution in [0.1, 0.15) is 38.5 Å². The van der Waals surface area contributed by atoms with Crippen LogP contribution in [-0.4, -0.2) is 30.5 Å². The molecular weight excluding hydrogens is 314 g/mol. The van der Waals surface area contributed by atoms with Crippen LogP contribution in [0.4, 0.5) is 0 Å². The molecule has 116 valence electrons. The van der Waals surface area contributed by atoms with Crippen molar-refractivity contribution in [3.63, 3.8) is 0 Å². The zero-order valence-electron chi connectivity index (χ0n) is 12.6. The number of rotatable bonds is 1. The lowest BCUT2D eigenvalue weighted by Crippen LogP contribution is -2.47. The number of carbonyl (C=O) groups excluding carboxylic acids is 1. The van der Waals surface area contributed by atoms with Crippen LogP contribution in [0.3, 0.4) is 0 Å². The van der Waals surface area contributed by atoms with Crippen molar-refractivity contribution >= 4 is 28.6 Å². The summed E-state index contributed by atoms with van der Waals surface area (Å²) < 4.78 is 6.21. The van der Waals surface area contributed by atoms with Gasteiger partial charge in [0.15, 0.2) is 0 Å². The van der Waals surface area contributed by atoms with E-state index in [4.69, 9.17) is 4.74 Å². The van der Waals surface area contributed by atoms with Crippen LogP contribution < -0.4 is 0 Å². The molecule has 2 aliphatic rings. The molecule has 1 amide bonds. The lowest BCUT2D eigenvalue weighted by Gasteiger charge is -2.43. The first-order chi connectivity index (χ1) is 10.7. The first-order valence-electron chi connectivity index (χ1n) is 7.74. The van der Waals surface area contributed by atoms with E-state index in [1.165, 1.54) is 10.4 Å². The third kappa shape index (κ3) is 2.23. The molecule has 1 saturated heterocycles. The minimum atomic E-state index is -0.136. The predicted molar refractivity (Wildman–Crippen MR) is 89.8 cm³/mol. The SMILES string of the molecule is Cc1ccsc1C(=O)N1CCC2(CC1)OCCc1ccsc12. The maximum absolute atomic E-state index is 12.6. The fraction of sp³-hybridized carbons (Fsp3) is 0.471. The number of hydrogen-bond acceptors (Lipinski definition) is 4. The van der Waals surface area contributed by atoms with E-state index in [0.29, 0.717) is 0 Å². The molecule has 0 radical (unpaired) electrons. The summed E-state index contributed by atoms with van der Waals surface area (Å²) in [6.45, 7) is 4.39. The second kappa shape index (κ2) is 5.48. The fourth-order valence-corrected chi connectivity index (χ4v) is 5.59. The lowest BCUT2D eigenvalue weighted by molar-refractivity contribution is -0.0905. The van der Waals surface area contributed by atoms with Gasteiger partial charge in [-0.15, -0.1) is 22.7 Å². The van der Waals surface area contributed by atoms with Crippen LogP contribution in [0.15, 0.2) is 22.9 Å². The third-order valence-electron chi connectivity index (χ3n) is 4.83. The topological polar surface area (TPSA) is 29.5 Å². The summed E-state index contributed by atoms with van der Waals surface area (Å²) in [7, 11) is 0. The van der Waals surface area contributed by atoms with Crippen LogP contribution in [-0.2, 0) is 16.8 Å². The molecule has 0 N–H and O–H groups in total. The highest BCUT2D eigenvalue weighted by molar-refractivity contribution is 7.12. The van der Waals surface area contributed by atoms with Gasteiger partial charge >= 0.3 is 0 Å². The van der Waals surface area contributed by atoms with Gasteiger partial charge in [0.2, 0.25) is 0 Å². The smallest absolute Gasteiger partial charge is 0.264 e. The van der Waals surface area contributed by atoms with Gasteiger partial charge in [-0.3, -0.25) is 4.79 Å². The van der Waals surface area contributed by atoms with E-state index in [0.717, 1.165) is 49.4 Å². The Balaban J connectivity index is 1.52. The second-order valence-electron chi connectivity index (χ2n) is 6.09. The molecule has 0 saturated carbocycles. The molecule has 4 rings (SSSR count). The number of thiophene rings is 2. The first-order valence-corrected chi connectivity index (χ1v) is 9.50. The minimum Gasteiger partial charge on any atom is -0.369 e. The molecule has 2 aromatic heterocycles. The minimum absolute atomic E-state index is 0.136. The van der Waals surface area contributed by atoms with Gasteiger partial charge in [-0.1, -0.05) is 0 Å². The van der Waals surface area contributed by atoms with Crippen LogP contribution >= 0.6 is 22.7 Å². The number of likely N-dealkylation sites (tertiary alicyclic amines) is 1. The molecule has 0 aliphatic carbocycles. The van der Waals surface area contributed by atoms with E-state index in [1.807, 2.05) is 34.6 Å². The Bertz CT molecular complexity index is 695. The van der Waals surface area contributed by atoms with E-state index in [9.17, 15) is 4.79 Å². The Morgan fingerprint density at radius 3 is 2.73 bits per heavy atom. The van der Waals surface area contributed by atoms with E-state index < -0.39 is 0 Å². The van der Waals surface area contributed by atoms with Gasteiger partial charge in [0.25, 0.3) is 5.91 Å². The fourth-order valence-electron chi connectivity index (χ4n) is 3.53. The average molecular weight is 333 g/mol. The molecule has 0 bridgehead atoms. The third-order valence-corrected chi connectivity index (χ3v) is 6.97. The van der Waals surface area contributed by atoms with E-state index in [2.05, 4.69) is 11.4 Å². The number of hydrogen-bond donors (Lipinski definition) is 0. The molecular formula is C17H19NO2S2. The van der Waals surface area contributed by atoms with E-state index in [-0.39, 0.29) is 11.5 Å². The molecule has 2 aliphatic heterocycles. The maximum Gasteiger partial charge on any atom is 0.264 e. The van der Waals surface area contributed by atoms with Crippen molar-refractivity contribution in [2.75, 3.05) is 19.7 Å². The van der Waals surface area contributed by atoms with Gasteiger partial charge in [0.05, 0.1) is 11.5 Å².